The van der Waals surface area contributed by atoms with E-state index in [-0.39, 0.29) is 12.3 Å². The lowest BCUT2D eigenvalue weighted by molar-refractivity contribution is -0.126. The number of nitrogens with zero attached hydrogens (tertiary/aromatic N) is 2. The number of hydrogen-bond donors (Lipinski definition) is 2. The van der Waals surface area contributed by atoms with Crippen molar-refractivity contribution < 1.29 is 14.0 Å². The number of hydrogen-bond acceptors (Lipinski definition) is 3. The van der Waals surface area contributed by atoms with Gasteiger partial charge >= 0.3 is 0 Å². The molecule has 2 amide bonds. The van der Waals surface area contributed by atoms with Gasteiger partial charge in [0.15, 0.2) is 0 Å². The third-order valence-electron chi connectivity index (χ3n) is 6.10. The molecule has 0 saturated carbocycles. The molecule has 0 aliphatic carbocycles. The molecule has 0 fully saturated rings. The van der Waals surface area contributed by atoms with Crippen LogP contribution in [-0.2, 0) is 29.0 Å². The van der Waals surface area contributed by atoms with Gasteiger partial charge in [0.1, 0.15) is 5.82 Å². The van der Waals surface area contributed by atoms with E-state index in [1.165, 1.54) is 12.1 Å². The number of halogens is 1. The second-order valence-corrected chi connectivity index (χ2v) is 7.99. The number of nitrogens with one attached hydrogen (secondary N) is 1. The van der Waals surface area contributed by atoms with E-state index in [1.54, 1.807) is 17.3 Å². The van der Waals surface area contributed by atoms with Crippen molar-refractivity contribution in [2.45, 2.75) is 19.4 Å². The van der Waals surface area contributed by atoms with Gasteiger partial charge in [-0.15, -0.1) is 0 Å². The minimum atomic E-state index is -0.528. The molecule has 0 radical (unpaired) electrons. The fourth-order valence-corrected chi connectivity index (χ4v) is 4.70. The van der Waals surface area contributed by atoms with Crippen LogP contribution in [0.2, 0.25) is 0 Å². The Kier molecular flexibility index (Phi) is 4.74. The molecule has 0 spiro atoms. The van der Waals surface area contributed by atoms with Gasteiger partial charge in [-0.1, -0.05) is 24.8 Å². The van der Waals surface area contributed by atoms with Crippen molar-refractivity contribution in [2.24, 2.45) is 5.73 Å². The highest BCUT2D eigenvalue weighted by Crippen LogP contribution is 2.41. The Hall–Kier alpha value is -4.00. The van der Waals surface area contributed by atoms with E-state index in [4.69, 9.17) is 5.73 Å². The average molecular weight is 428 g/mol. The number of fused-ring (bicyclic) bond motifs is 4. The summed E-state index contributed by atoms with van der Waals surface area (Å²) in [6.45, 7) is 4.56. The predicted molar refractivity (Wildman–Crippen MR) is 121 cm³/mol. The predicted octanol–water partition coefficient (Wildman–Crippen LogP) is 3.62. The highest BCUT2D eigenvalue weighted by molar-refractivity contribution is 6.15. The second-order valence-electron chi connectivity index (χ2n) is 7.99. The quantitative estimate of drug-likeness (QED) is 0.486. The van der Waals surface area contributed by atoms with Gasteiger partial charge in [0, 0.05) is 47.3 Å². The number of primary amides is 1. The fraction of sp³-hybridized carbons (Fsp3) is 0.160. The van der Waals surface area contributed by atoms with E-state index in [1.807, 2.05) is 24.3 Å². The molecular formula is C25H21FN4O2. The number of benzene rings is 2. The number of pyridine rings is 1. The third-order valence-corrected chi connectivity index (χ3v) is 6.10. The summed E-state index contributed by atoms with van der Waals surface area (Å²) in [5.41, 5.74) is 10.7. The molecule has 0 saturated heterocycles. The molecule has 7 heteroatoms. The zero-order valence-electron chi connectivity index (χ0n) is 17.3. The van der Waals surface area contributed by atoms with Gasteiger partial charge in [0.05, 0.1) is 11.9 Å². The smallest absolute Gasteiger partial charge is 0.246 e. The molecule has 2 aromatic heterocycles. The molecule has 0 unspecified atom stereocenters. The second kappa shape index (κ2) is 7.60. The number of rotatable bonds is 4. The summed E-state index contributed by atoms with van der Waals surface area (Å²) in [5, 5.41) is 1.46. The van der Waals surface area contributed by atoms with E-state index < -0.39 is 11.7 Å². The van der Waals surface area contributed by atoms with E-state index in [0.717, 1.165) is 27.6 Å². The Morgan fingerprint density at radius 2 is 2.16 bits per heavy atom. The molecule has 1 aliphatic heterocycles. The van der Waals surface area contributed by atoms with Gasteiger partial charge in [-0.25, -0.2) is 4.39 Å². The molecule has 32 heavy (non-hydrogen) atoms. The van der Waals surface area contributed by atoms with Gasteiger partial charge < -0.3 is 15.6 Å². The van der Waals surface area contributed by atoms with Crippen molar-refractivity contribution in [3.05, 3.63) is 77.9 Å². The normalized spacial score (nSPS) is 13.3. The van der Waals surface area contributed by atoms with Crippen LogP contribution in [0, 0.1) is 5.82 Å². The minimum absolute atomic E-state index is 0.0700. The first-order valence-corrected chi connectivity index (χ1v) is 10.4. The largest absolute Gasteiger partial charge is 0.369 e. The van der Waals surface area contributed by atoms with Gasteiger partial charge in [-0.2, -0.15) is 0 Å². The van der Waals surface area contributed by atoms with Crippen LogP contribution >= 0.6 is 0 Å². The van der Waals surface area contributed by atoms with E-state index >= 15 is 4.39 Å². The highest BCUT2D eigenvalue weighted by atomic mass is 19.1. The summed E-state index contributed by atoms with van der Waals surface area (Å²) in [5.74, 6) is -1.07. The third kappa shape index (κ3) is 3.13. The maximum Gasteiger partial charge on any atom is 0.246 e. The van der Waals surface area contributed by atoms with Gasteiger partial charge in [0.2, 0.25) is 11.8 Å². The zero-order chi connectivity index (χ0) is 22.4. The van der Waals surface area contributed by atoms with Crippen LogP contribution in [0.25, 0.3) is 32.9 Å². The lowest BCUT2D eigenvalue weighted by Crippen LogP contribution is -2.34. The first-order valence-electron chi connectivity index (χ1n) is 10.4. The van der Waals surface area contributed by atoms with E-state index in [2.05, 4.69) is 16.5 Å². The first-order chi connectivity index (χ1) is 15.5. The number of nitrogens with two attached hydrogens (primary N) is 1. The number of carbonyl (C=O) groups is 2. The molecule has 5 rings (SSSR count). The summed E-state index contributed by atoms with van der Waals surface area (Å²) in [6.07, 6.45) is 5.21. The van der Waals surface area contributed by atoms with Crippen LogP contribution in [0.15, 0.2) is 55.4 Å². The van der Waals surface area contributed by atoms with Crippen molar-refractivity contribution in [2.75, 3.05) is 6.54 Å². The standard InChI is InChI=1S/C25H21FN4O2/c1-2-22(32)30-9-7-16-14(13-30)4-3-5-17(16)23-19(26)10-15(11-21(27)31)25-24(23)18-12-28-8-6-20(18)29-25/h2-6,8,10,12,29H,1,7,9,11,13H2,(H2,27,31). The summed E-state index contributed by atoms with van der Waals surface area (Å²) in [7, 11) is 0. The van der Waals surface area contributed by atoms with Crippen molar-refractivity contribution in [3.63, 3.8) is 0 Å². The van der Waals surface area contributed by atoms with Crippen LogP contribution in [0.5, 0.6) is 0 Å². The Balaban J connectivity index is 1.78. The van der Waals surface area contributed by atoms with Gasteiger partial charge in [-0.05, 0) is 46.9 Å². The number of carbonyl (C=O) groups excluding carboxylic acids is 2. The molecular weight excluding hydrogens is 407 g/mol. The summed E-state index contributed by atoms with van der Waals surface area (Å²) in [4.78, 5) is 33.0. The summed E-state index contributed by atoms with van der Waals surface area (Å²) in [6, 6.07) is 8.97. The van der Waals surface area contributed by atoms with Crippen molar-refractivity contribution in [1.29, 1.82) is 0 Å². The Morgan fingerprint density at radius 3 is 2.94 bits per heavy atom. The van der Waals surface area contributed by atoms with Crippen molar-refractivity contribution >= 4 is 33.6 Å². The minimum Gasteiger partial charge on any atom is -0.369 e. The number of aromatic amines is 1. The van der Waals surface area contributed by atoms with Gasteiger partial charge in [-0.3, -0.25) is 14.6 Å². The molecule has 160 valence electrons. The van der Waals surface area contributed by atoms with E-state index in [0.29, 0.717) is 41.5 Å². The lowest BCUT2D eigenvalue weighted by Gasteiger charge is -2.29. The average Bonchev–Trinajstić information content (AvgIpc) is 3.17. The van der Waals surface area contributed by atoms with Crippen LogP contribution < -0.4 is 5.73 Å². The fourth-order valence-electron chi connectivity index (χ4n) is 4.70. The van der Waals surface area contributed by atoms with E-state index in [9.17, 15) is 9.59 Å². The Labute approximate surface area is 183 Å². The van der Waals surface area contributed by atoms with Crippen LogP contribution in [0.3, 0.4) is 0 Å². The maximum absolute atomic E-state index is 15.7. The summed E-state index contributed by atoms with van der Waals surface area (Å²) < 4.78 is 15.7. The number of H-pyrrole nitrogens is 1. The summed E-state index contributed by atoms with van der Waals surface area (Å²) >= 11 is 0. The molecule has 3 N–H and O–H groups in total. The van der Waals surface area contributed by atoms with Crippen molar-refractivity contribution in [3.8, 4) is 11.1 Å². The van der Waals surface area contributed by atoms with Crippen LogP contribution in [0.1, 0.15) is 16.7 Å². The number of aromatic nitrogens is 2. The van der Waals surface area contributed by atoms with Crippen LogP contribution in [-0.4, -0.2) is 33.2 Å². The topological polar surface area (TPSA) is 92.1 Å². The molecule has 3 heterocycles. The molecule has 2 aromatic carbocycles. The molecule has 4 aromatic rings. The Bertz CT molecular complexity index is 1420. The van der Waals surface area contributed by atoms with Crippen molar-refractivity contribution in [1.82, 2.24) is 14.9 Å². The highest BCUT2D eigenvalue weighted by Gasteiger charge is 2.25. The molecule has 6 nitrogen and oxygen atoms in total. The Morgan fingerprint density at radius 1 is 1.31 bits per heavy atom. The zero-order valence-corrected chi connectivity index (χ0v) is 17.3. The maximum atomic E-state index is 15.7. The monoisotopic (exact) mass is 428 g/mol. The van der Waals surface area contributed by atoms with Gasteiger partial charge in [0.25, 0.3) is 0 Å². The molecule has 0 atom stereocenters. The van der Waals surface area contributed by atoms with Crippen LogP contribution in [0.4, 0.5) is 4.39 Å². The lowest BCUT2D eigenvalue weighted by atomic mass is 9.87. The molecule has 0 bridgehead atoms. The number of amides is 2. The SMILES string of the molecule is C=CC(=O)N1CCc2c(cccc2-c2c(F)cc(CC(N)=O)c3[nH]c4ccncc4c23)C1. The molecule has 1 aliphatic rings. The first kappa shape index (κ1) is 19.9.